The summed E-state index contributed by atoms with van der Waals surface area (Å²) >= 11 is 5.99. The SMILES string of the molecule is Clc1ccc2c(c1)[I+]c1ccccc1-2. The maximum Gasteiger partial charge on any atom is 0.359 e. The Labute approximate surface area is 98.2 Å². The first kappa shape index (κ1) is 8.74. The van der Waals surface area contributed by atoms with Gasteiger partial charge in [0.1, 0.15) is 0 Å². The zero-order valence-electron chi connectivity index (χ0n) is 7.30. The zero-order valence-corrected chi connectivity index (χ0v) is 10.2. The summed E-state index contributed by atoms with van der Waals surface area (Å²) in [5.74, 6) is 0. The minimum atomic E-state index is 0.00155. The van der Waals surface area contributed by atoms with Crippen molar-refractivity contribution in [2.75, 3.05) is 0 Å². The van der Waals surface area contributed by atoms with Crippen LogP contribution in [-0.2, 0) is 0 Å². The molecule has 2 aromatic rings. The zero-order chi connectivity index (χ0) is 9.54. The van der Waals surface area contributed by atoms with Gasteiger partial charge in [-0.3, -0.25) is 0 Å². The highest BCUT2D eigenvalue weighted by atomic mass is 127. The van der Waals surface area contributed by atoms with Crippen LogP contribution in [0.1, 0.15) is 0 Å². The van der Waals surface area contributed by atoms with Crippen molar-refractivity contribution in [3.63, 3.8) is 0 Å². The second kappa shape index (κ2) is 3.24. The minimum absolute atomic E-state index is 0.00155. The smallest absolute Gasteiger partial charge is 0.0842 e. The Bertz CT molecular complexity index is 505. The molecule has 2 heteroatoms. The lowest BCUT2D eigenvalue weighted by atomic mass is 10.1. The van der Waals surface area contributed by atoms with Crippen molar-refractivity contribution in [1.29, 1.82) is 0 Å². The molecule has 0 saturated carbocycles. The van der Waals surface area contributed by atoms with Gasteiger partial charge in [-0.25, -0.2) is 0 Å². The third-order valence-electron chi connectivity index (χ3n) is 2.30. The largest absolute Gasteiger partial charge is 0.359 e. The number of rotatable bonds is 0. The Morgan fingerprint density at radius 1 is 0.857 bits per heavy atom. The molecule has 0 N–H and O–H groups in total. The first-order chi connectivity index (χ1) is 6.84. The highest BCUT2D eigenvalue weighted by molar-refractivity contribution is 6.30. The van der Waals surface area contributed by atoms with E-state index in [1.54, 1.807) is 0 Å². The summed E-state index contributed by atoms with van der Waals surface area (Å²) in [4.78, 5) is 0. The van der Waals surface area contributed by atoms with Crippen molar-refractivity contribution in [2.45, 2.75) is 0 Å². The minimum Gasteiger partial charge on any atom is -0.0842 e. The fraction of sp³-hybridized carbons (Fsp3) is 0. The topological polar surface area (TPSA) is 0 Å². The normalized spacial score (nSPS) is 12.4. The second-order valence-electron chi connectivity index (χ2n) is 3.20. The van der Waals surface area contributed by atoms with Gasteiger partial charge in [0.05, 0.1) is 0 Å². The molecule has 14 heavy (non-hydrogen) atoms. The molecule has 0 amide bonds. The molecule has 0 fully saturated rings. The van der Waals surface area contributed by atoms with Crippen LogP contribution in [0, 0.1) is 7.14 Å². The molecule has 1 heterocycles. The van der Waals surface area contributed by atoms with Crippen molar-refractivity contribution in [2.24, 2.45) is 0 Å². The van der Waals surface area contributed by atoms with E-state index in [1.165, 1.54) is 18.3 Å². The average molecular weight is 314 g/mol. The summed E-state index contributed by atoms with van der Waals surface area (Å²) < 4.78 is 2.97. The molecule has 0 radical (unpaired) electrons. The highest BCUT2D eigenvalue weighted by Crippen LogP contribution is 2.23. The summed E-state index contributed by atoms with van der Waals surface area (Å²) in [6.45, 7) is 0. The Morgan fingerprint density at radius 3 is 2.57 bits per heavy atom. The molecule has 1 aliphatic heterocycles. The molecule has 3 rings (SSSR count). The molecular formula is C12H7ClI+. The number of fused-ring (bicyclic) bond motifs is 3. The summed E-state index contributed by atoms with van der Waals surface area (Å²) in [5.41, 5.74) is 2.80. The van der Waals surface area contributed by atoms with Crippen molar-refractivity contribution in [1.82, 2.24) is 0 Å². The molecular weight excluding hydrogens is 306 g/mol. The third kappa shape index (κ3) is 1.27. The number of benzene rings is 2. The highest BCUT2D eigenvalue weighted by Gasteiger charge is 2.32. The summed E-state index contributed by atoms with van der Waals surface area (Å²) in [7, 11) is 0. The van der Waals surface area contributed by atoms with Gasteiger partial charge >= 0.3 is 21.2 Å². The van der Waals surface area contributed by atoms with Crippen LogP contribution in [0.5, 0.6) is 0 Å². The Kier molecular flexibility index (Phi) is 2.03. The van der Waals surface area contributed by atoms with E-state index in [4.69, 9.17) is 11.6 Å². The van der Waals surface area contributed by atoms with Crippen LogP contribution in [0.4, 0.5) is 0 Å². The van der Waals surface area contributed by atoms with Gasteiger partial charge in [0.15, 0.2) is 0 Å². The maximum atomic E-state index is 5.98. The van der Waals surface area contributed by atoms with Crippen LogP contribution in [0.2, 0.25) is 5.02 Å². The third-order valence-corrected chi connectivity index (χ3v) is 5.53. The lowest BCUT2D eigenvalue weighted by Gasteiger charge is -1.93. The van der Waals surface area contributed by atoms with Crippen LogP contribution < -0.4 is 21.2 Å². The predicted molar refractivity (Wildman–Crippen MR) is 54.3 cm³/mol. The lowest BCUT2D eigenvalue weighted by Crippen LogP contribution is -3.61. The van der Waals surface area contributed by atoms with Crippen LogP contribution in [0.3, 0.4) is 0 Å². The molecule has 0 bridgehead atoms. The number of hydrogen-bond acceptors (Lipinski definition) is 0. The van der Waals surface area contributed by atoms with Gasteiger partial charge in [-0.2, -0.15) is 0 Å². The van der Waals surface area contributed by atoms with Crippen molar-refractivity contribution in [3.05, 3.63) is 54.6 Å². The quantitative estimate of drug-likeness (QED) is 0.529. The van der Waals surface area contributed by atoms with Gasteiger partial charge in [-0.15, -0.1) is 0 Å². The molecule has 0 spiro atoms. The van der Waals surface area contributed by atoms with E-state index in [0.29, 0.717) is 0 Å². The summed E-state index contributed by atoms with van der Waals surface area (Å²) in [5, 5.41) is 0.858. The predicted octanol–water partition coefficient (Wildman–Crippen LogP) is 0.449. The monoisotopic (exact) mass is 313 g/mol. The standard InChI is InChI=1S/C12H7ClI/c13-8-5-6-10-9-3-1-2-4-11(9)14-12(10)7-8/h1-7H/q+1. The molecule has 0 atom stereocenters. The van der Waals surface area contributed by atoms with Crippen LogP contribution in [-0.4, -0.2) is 0 Å². The van der Waals surface area contributed by atoms with Gasteiger partial charge in [0.2, 0.25) is 7.14 Å². The van der Waals surface area contributed by atoms with Crippen LogP contribution in [0.25, 0.3) is 11.1 Å². The van der Waals surface area contributed by atoms with Gasteiger partial charge in [0.25, 0.3) is 0 Å². The maximum absolute atomic E-state index is 5.98. The molecule has 0 unspecified atom stereocenters. The second-order valence-corrected chi connectivity index (χ2v) is 6.50. The molecule has 0 nitrogen and oxygen atoms in total. The fourth-order valence-electron chi connectivity index (χ4n) is 1.66. The first-order valence-electron chi connectivity index (χ1n) is 4.38. The van der Waals surface area contributed by atoms with Crippen LogP contribution in [0.15, 0.2) is 42.5 Å². The van der Waals surface area contributed by atoms with E-state index in [2.05, 4.69) is 36.4 Å². The van der Waals surface area contributed by atoms with E-state index in [0.717, 1.165) is 5.02 Å². The average Bonchev–Trinajstić information content (AvgIpc) is 2.54. The number of halogens is 2. The van der Waals surface area contributed by atoms with E-state index >= 15 is 0 Å². The van der Waals surface area contributed by atoms with Crippen molar-refractivity contribution >= 4 is 11.6 Å². The van der Waals surface area contributed by atoms with E-state index in [-0.39, 0.29) is 21.2 Å². The van der Waals surface area contributed by atoms with Gasteiger partial charge < -0.3 is 0 Å². The van der Waals surface area contributed by atoms with Gasteiger partial charge in [-0.05, 0) is 24.3 Å². The van der Waals surface area contributed by atoms with Gasteiger partial charge in [-0.1, -0.05) is 23.7 Å². The van der Waals surface area contributed by atoms with E-state index < -0.39 is 0 Å². The number of hydrogen-bond donors (Lipinski definition) is 0. The van der Waals surface area contributed by atoms with E-state index in [9.17, 15) is 0 Å². The Balaban J connectivity index is 2.27. The van der Waals surface area contributed by atoms with Gasteiger partial charge in [0, 0.05) is 22.2 Å². The molecule has 2 aromatic carbocycles. The summed E-state index contributed by atoms with van der Waals surface area (Å²) in [6, 6.07) is 14.9. The molecule has 0 saturated heterocycles. The first-order valence-corrected chi connectivity index (χ1v) is 6.92. The van der Waals surface area contributed by atoms with Crippen LogP contribution >= 0.6 is 11.6 Å². The fourth-order valence-corrected chi connectivity index (χ4v) is 5.04. The van der Waals surface area contributed by atoms with E-state index in [1.807, 2.05) is 6.07 Å². The molecule has 0 aliphatic carbocycles. The molecule has 1 aliphatic rings. The molecule has 68 valence electrons. The summed E-state index contributed by atoms with van der Waals surface area (Å²) in [6.07, 6.45) is 0. The lowest BCUT2D eigenvalue weighted by molar-refractivity contribution is -0.589. The Morgan fingerprint density at radius 2 is 1.64 bits per heavy atom. The van der Waals surface area contributed by atoms with Crippen molar-refractivity contribution < 1.29 is 21.2 Å². The van der Waals surface area contributed by atoms with Crippen molar-refractivity contribution in [3.8, 4) is 11.1 Å². The molecule has 0 aromatic heterocycles. The Hall–Kier alpha value is -0.540.